The van der Waals surface area contributed by atoms with E-state index in [9.17, 15) is 9.59 Å². The molecule has 2 aromatic rings. The number of hydrogen-bond acceptors (Lipinski definition) is 6. The van der Waals surface area contributed by atoms with E-state index in [2.05, 4.69) is 21.3 Å². The van der Waals surface area contributed by atoms with Gasteiger partial charge in [-0.2, -0.15) is 5.26 Å². The van der Waals surface area contributed by atoms with Gasteiger partial charge >= 0.3 is 12.1 Å². The fraction of sp³-hybridized carbons (Fsp3) is 0.375. The Morgan fingerprint density at radius 2 is 1.06 bits per heavy atom. The lowest BCUT2D eigenvalue weighted by Crippen LogP contribution is -2.32. The van der Waals surface area contributed by atoms with Crippen LogP contribution in [0.3, 0.4) is 0 Å². The number of nitrogens with one attached hydrogen (secondary N) is 4. The quantitative estimate of drug-likeness (QED) is 0.261. The molecule has 12 heteroatoms. The summed E-state index contributed by atoms with van der Waals surface area (Å²) in [5, 5.41) is 18.9. The van der Waals surface area contributed by atoms with E-state index in [1.165, 1.54) is 6.92 Å². The van der Waals surface area contributed by atoms with Crippen LogP contribution in [0.25, 0.3) is 0 Å². The Morgan fingerprint density at radius 1 is 0.722 bits per heavy atom. The Kier molecular flexibility index (Phi) is 17.3. The molecule has 0 bridgehead atoms. The van der Waals surface area contributed by atoms with Crippen LogP contribution in [0.4, 0.5) is 21.0 Å². The number of carbonyl (C=O) groups is 2. The minimum atomic E-state index is -0.351. The third-order valence-electron chi connectivity index (χ3n) is 4.05. The zero-order chi connectivity index (χ0) is 26.4. The van der Waals surface area contributed by atoms with E-state index in [1.54, 1.807) is 54.6 Å². The summed E-state index contributed by atoms with van der Waals surface area (Å²) in [6.45, 7) is 4.48. The number of nitrogens with zero attached hydrogens (tertiary/aromatic N) is 1. The second-order valence-electron chi connectivity index (χ2n) is 6.78. The Morgan fingerprint density at radius 3 is 1.42 bits per heavy atom. The number of hydrogen-bond donors (Lipinski definition) is 4. The Hall–Kier alpha value is -3.07. The molecule has 0 aliphatic rings. The lowest BCUT2D eigenvalue weighted by Gasteiger charge is -2.10. The van der Waals surface area contributed by atoms with Crippen LogP contribution in [-0.2, 0) is 14.2 Å². The molecule has 0 atom stereocenters. The number of nitriles is 1. The highest BCUT2D eigenvalue weighted by molar-refractivity contribution is 6.34. The van der Waals surface area contributed by atoms with Crippen molar-refractivity contribution in [2.45, 2.75) is 6.92 Å². The molecule has 0 aromatic heterocycles. The van der Waals surface area contributed by atoms with Gasteiger partial charge in [-0.15, -0.1) is 0 Å². The molecule has 2 rings (SSSR count). The zero-order valence-corrected chi connectivity index (χ0v) is 21.5. The summed E-state index contributed by atoms with van der Waals surface area (Å²) in [6, 6.07) is 15.0. The van der Waals surface area contributed by atoms with Crippen LogP contribution < -0.4 is 21.3 Å². The van der Waals surface area contributed by atoms with Crippen LogP contribution in [0.5, 0.6) is 0 Å². The van der Waals surface area contributed by atoms with Crippen molar-refractivity contribution in [3.05, 3.63) is 58.6 Å². The van der Waals surface area contributed by atoms with Crippen LogP contribution in [-0.4, -0.2) is 64.8 Å². The molecule has 0 fully saturated rings. The number of carbonyl (C=O) groups excluding carboxylic acids is 2. The minimum Gasteiger partial charge on any atom is -0.377 e. The molecule has 0 radical (unpaired) electrons. The predicted octanol–water partition coefficient (Wildman–Crippen LogP) is 4.52. The second-order valence-corrected chi connectivity index (χ2v) is 7.60. The number of benzene rings is 2. The van der Waals surface area contributed by atoms with Gasteiger partial charge in [0.1, 0.15) is 0 Å². The van der Waals surface area contributed by atoms with Crippen LogP contribution in [0, 0.1) is 11.3 Å². The molecule has 0 heterocycles. The van der Waals surface area contributed by atoms with Gasteiger partial charge in [0.25, 0.3) is 0 Å². The Labute approximate surface area is 221 Å². The van der Waals surface area contributed by atoms with Crippen molar-refractivity contribution in [3.63, 3.8) is 0 Å². The average molecular weight is 540 g/mol. The number of urea groups is 2. The maximum absolute atomic E-state index is 11.8. The van der Waals surface area contributed by atoms with Gasteiger partial charge in [0.15, 0.2) is 0 Å². The number of halogens is 2. The average Bonchev–Trinajstić information content (AvgIpc) is 2.85. The molecule has 0 aliphatic heterocycles. The van der Waals surface area contributed by atoms with E-state index in [0.717, 1.165) is 0 Å². The maximum Gasteiger partial charge on any atom is 0.319 e. The van der Waals surface area contributed by atoms with E-state index in [-0.39, 0.29) is 12.1 Å². The van der Waals surface area contributed by atoms with Gasteiger partial charge in [0.05, 0.1) is 67.1 Å². The van der Waals surface area contributed by atoms with Gasteiger partial charge in [0.2, 0.25) is 0 Å². The fourth-order valence-corrected chi connectivity index (χ4v) is 2.84. The van der Waals surface area contributed by atoms with Crippen molar-refractivity contribution in [1.29, 1.82) is 5.26 Å². The summed E-state index contributed by atoms with van der Waals surface area (Å²) >= 11 is 12.0. The SMILES string of the molecule is CC#N.O=C(NCCOCCOCCOCCNC(=O)Nc1ccccc1Cl)Nc1ccccc1Cl. The van der Waals surface area contributed by atoms with Crippen LogP contribution in [0.1, 0.15) is 6.92 Å². The van der Waals surface area contributed by atoms with E-state index in [4.69, 9.17) is 42.7 Å². The highest BCUT2D eigenvalue weighted by atomic mass is 35.5. The third kappa shape index (κ3) is 15.0. The largest absolute Gasteiger partial charge is 0.377 e. The van der Waals surface area contributed by atoms with Crippen molar-refractivity contribution in [3.8, 4) is 6.07 Å². The first-order valence-corrected chi connectivity index (χ1v) is 11.9. The van der Waals surface area contributed by atoms with E-state index in [0.29, 0.717) is 74.2 Å². The third-order valence-corrected chi connectivity index (χ3v) is 4.71. The lowest BCUT2D eigenvalue weighted by atomic mass is 10.3. The monoisotopic (exact) mass is 539 g/mol. The predicted molar refractivity (Wildman–Crippen MR) is 141 cm³/mol. The van der Waals surface area contributed by atoms with Crippen molar-refractivity contribution in [2.75, 3.05) is 63.4 Å². The van der Waals surface area contributed by atoms with Gasteiger partial charge in [0, 0.05) is 20.0 Å². The van der Waals surface area contributed by atoms with Crippen molar-refractivity contribution in [2.24, 2.45) is 0 Å². The van der Waals surface area contributed by atoms with Gasteiger partial charge < -0.3 is 35.5 Å². The molecule has 4 N–H and O–H groups in total. The molecular weight excluding hydrogens is 509 g/mol. The molecule has 36 heavy (non-hydrogen) atoms. The Balaban J connectivity index is 0.00000205. The number of ether oxygens (including phenoxy) is 3. The number of amides is 4. The molecule has 0 saturated heterocycles. The van der Waals surface area contributed by atoms with Crippen LogP contribution >= 0.6 is 23.2 Å². The normalized spacial score (nSPS) is 9.83. The van der Waals surface area contributed by atoms with Gasteiger partial charge in [-0.1, -0.05) is 47.5 Å². The molecule has 0 aliphatic carbocycles. The van der Waals surface area contributed by atoms with E-state index >= 15 is 0 Å². The summed E-state index contributed by atoms with van der Waals surface area (Å²) in [6.07, 6.45) is 0. The van der Waals surface area contributed by atoms with E-state index < -0.39 is 0 Å². The summed E-state index contributed by atoms with van der Waals surface area (Å²) in [7, 11) is 0. The summed E-state index contributed by atoms with van der Waals surface area (Å²) < 4.78 is 16.2. The molecule has 0 unspecified atom stereocenters. The Bertz CT molecular complexity index is 889. The molecule has 4 amide bonds. The standard InChI is InChI=1S/C22H28Cl2N4O5.C2H3N/c23-17-5-1-3-7-19(17)27-21(29)25-9-11-31-13-15-33-16-14-32-12-10-26-22(30)28-20-8-4-2-6-18(20)24;1-2-3/h1-8H,9-16H2,(H2,25,27,29)(H2,26,28,30);1H3. The molecule has 0 spiro atoms. The molecule has 10 nitrogen and oxygen atoms in total. The van der Waals surface area contributed by atoms with Crippen molar-refractivity contribution in [1.82, 2.24) is 10.6 Å². The van der Waals surface area contributed by atoms with Crippen LogP contribution in [0.15, 0.2) is 48.5 Å². The van der Waals surface area contributed by atoms with Crippen molar-refractivity contribution >= 4 is 46.6 Å². The second kappa shape index (κ2) is 20.2. The number of para-hydroxylation sites is 2. The number of rotatable bonds is 14. The van der Waals surface area contributed by atoms with Gasteiger partial charge in [-0.3, -0.25) is 0 Å². The van der Waals surface area contributed by atoms with Gasteiger partial charge in [-0.25, -0.2) is 9.59 Å². The summed E-state index contributed by atoms with van der Waals surface area (Å²) in [5.41, 5.74) is 1.09. The summed E-state index contributed by atoms with van der Waals surface area (Å²) in [4.78, 5) is 23.5. The topological polar surface area (TPSA) is 134 Å². The first kappa shape index (κ1) is 31.0. The zero-order valence-electron chi connectivity index (χ0n) is 20.0. The molecule has 0 saturated carbocycles. The highest BCUT2D eigenvalue weighted by Gasteiger charge is 2.05. The molecule has 196 valence electrons. The smallest absolute Gasteiger partial charge is 0.319 e. The lowest BCUT2D eigenvalue weighted by molar-refractivity contribution is 0.0163. The summed E-state index contributed by atoms with van der Waals surface area (Å²) in [5.74, 6) is 0. The number of anilines is 2. The fourth-order valence-electron chi connectivity index (χ4n) is 2.47. The maximum atomic E-state index is 11.8. The molecular formula is C24H31Cl2N5O5. The minimum absolute atomic E-state index is 0.351. The van der Waals surface area contributed by atoms with E-state index in [1.807, 2.05) is 0 Å². The van der Waals surface area contributed by atoms with Gasteiger partial charge in [-0.05, 0) is 24.3 Å². The van der Waals surface area contributed by atoms with Crippen LogP contribution in [0.2, 0.25) is 10.0 Å². The highest BCUT2D eigenvalue weighted by Crippen LogP contribution is 2.20. The molecule has 2 aromatic carbocycles. The first-order chi connectivity index (χ1) is 17.5. The first-order valence-electron chi connectivity index (χ1n) is 11.1. The van der Waals surface area contributed by atoms with Crippen molar-refractivity contribution < 1.29 is 23.8 Å².